The lowest BCUT2D eigenvalue weighted by atomic mass is 10.2. The predicted molar refractivity (Wildman–Crippen MR) is 77.8 cm³/mol. The van der Waals surface area contributed by atoms with Crippen LogP contribution in [0.5, 0.6) is 5.75 Å². The van der Waals surface area contributed by atoms with Crippen LogP contribution >= 0.6 is 0 Å². The molecule has 3 aromatic rings. The molecule has 5 nitrogen and oxygen atoms in total. The van der Waals surface area contributed by atoms with Crippen molar-refractivity contribution in [1.82, 2.24) is 14.8 Å². The van der Waals surface area contributed by atoms with Gasteiger partial charge in [-0.25, -0.2) is 4.68 Å². The number of anilines is 1. The number of benzene rings is 1. The van der Waals surface area contributed by atoms with Crippen LogP contribution in [0, 0.1) is 0 Å². The molecule has 2 N–H and O–H groups in total. The summed E-state index contributed by atoms with van der Waals surface area (Å²) < 4.78 is 7.01. The van der Waals surface area contributed by atoms with Gasteiger partial charge in [-0.3, -0.25) is 4.98 Å². The first kappa shape index (κ1) is 12.2. The van der Waals surface area contributed by atoms with Gasteiger partial charge in [-0.1, -0.05) is 18.2 Å². The summed E-state index contributed by atoms with van der Waals surface area (Å²) in [7, 11) is 1.61. The number of aromatic nitrogens is 3. The minimum Gasteiger partial charge on any atom is -0.494 e. The summed E-state index contributed by atoms with van der Waals surface area (Å²) in [6.45, 7) is 0. The quantitative estimate of drug-likeness (QED) is 0.791. The molecule has 5 heteroatoms. The molecule has 0 unspecified atom stereocenters. The van der Waals surface area contributed by atoms with E-state index in [9.17, 15) is 0 Å². The monoisotopic (exact) mass is 266 g/mol. The third-order valence-corrected chi connectivity index (χ3v) is 3.02. The van der Waals surface area contributed by atoms with Gasteiger partial charge in [0.05, 0.1) is 24.7 Å². The van der Waals surface area contributed by atoms with Crippen LogP contribution in [0.2, 0.25) is 0 Å². The minimum absolute atomic E-state index is 0.574. The van der Waals surface area contributed by atoms with Gasteiger partial charge in [0.1, 0.15) is 11.6 Å². The van der Waals surface area contributed by atoms with Gasteiger partial charge >= 0.3 is 0 Å². The van der Waals surface area contributed by atoms with E-state index in [1.54, 1.807) is 24.2 Å². The van der Waals surface area contributed by atoms with E-state index < -0.39 is 0 Å². The van der Waals surface area contributed by atoms with E-state index >= 15 is 0 Å². The Balaban J connectivity index is 2.09. The highest BCUT2D eigenvalue weighted by atomic mass is 16.5. The number of pyridine rings is 1. The lowest BCUT2D eigenvalue weighted by Crippen LogP contribution is -2.01. The summed E-state index contributed by atoms with van der Waals surface area (Å²) in [4.78, 5) is 4.04. The summed E-state index contributed by atoms with van der Waals surface area (Å²) in [6, 6.07) is 13.4. The van der Waals surface area contributed by atoms with Gasteiger partial charge in [0.2, 0.25) is 0 Å². The summed E-state index contributed by atoms with van der Waals surface area (Å²) >= 11 is 0. The van der Waals surface area contributed by atoms with Crippen LogP contribution in [-0.2, 0) is 0 Å². The maximum Gasteiger partial charge on any atom is 0.146 e. The van der Waals surface area contributed by atoms with Gasteiger partial charge < -0.3 is 10.5 Å². The number of ether oxygens (including phenoxy) is 1. The Morgan fingerprint density at radius 3 is 2.70 bits per heavy atom. The number of rotatable bonds is 3. The Labute approximate surface area is 116 Å². The van der Waals surface area contributed by atoms with Gasteiger partial charge in [0.25, 0.3) is 0 Å². The zero-order valence-electron chi connectivity index (χ0n) is 11.0. The predicted octanol–water partition coefficient (Wildman–Crippen LogP) is 2.53. The first-order chi connectivity index (χ1) is 9.79. The molecule has 20 heavy (non-hydrogen) atoms. The standard InChI is InChI=1S/C15H14N4O/c1-20-14-10-17-8-7-12(14)13-9-15(16)19(18-13)11-5-3-2-4-6-11/h2-10H,16H2,1H3. The molecule has 0 atom stereocenters. The number of nitrogen functional groups attached to an aromatic ring is 1. The van der Waals surface area contributed by atoms with E-state index in [1.807, 2.05) is 42.5 Å². The molecule has 0 spiro atoms. The number of hydrogen-bond acceptors (Lipinski definition) is 4. The number of nitrogens with two attached hydrogens (primary N) is 1. The first-order valence-corrected chi connectivity index (χ1v) is 6.19. The van der Waals surface area contributed by atoms with Crippen LogP contribution in [0.4, 0.5) is 5.82 Å². The van der Waals surface area contributed by atoms with E-state index in [-0.39, 0.29) is 0 Å². The van der Waals surface area contributed by atoms with Crippen molar-refractivity contribution in [3.05, 3.63) is 54.9 Å². The largest absolute Gasteiger partial charge is 0.494 e. The summed E-state index contributed by atoms with van der Waals surface area (Å²) in [5.74, 6) is 1.25. The van der Waals surface area contributed by atoms with Gasteiger partial charge in [0, 0.05) is 17.8 Å². The molecular weight excluding hydrogens is 252 g/mol. The molecule has 1 aromatic carbocycles. The fourth-order valence-electron chi connectivity index (χ4n) is 2.06. The highest BCUT2D eigenvalue weighted by Gasteiger charge is 2.12. The van der Waals surface area contributed by atoms with E-state index in [0.717, 1.165) is 16.9 Å². The van der Waals surface area contributed by atoms with Crippen LogP contribution in [-0.4, -0.2) is 21.9 Å². The Kier molecular flexibility index (Phi) is 3.09. The molecule has 0 bridgehead atoms. The average Bonchev–Trinajstić information content (AvgIpc) is 2.90. The second-order valence-corrected chi connectivity index (χ2v) is 4.28. The van der Waals surface area contributed by atoms with E-state index in [0.29, 0.717) is 11.6 Å². The molecule has 2 aromatic heterocycles. The van der Waals surface area contributed by atoms with Crippen molar-refractivity contribution >= 4 is 5.82 Å². The average molecular weight is 266 g/mol. The molecule has 0 saturated heterocycles. The van der Waals surface area contributed by atoms with Gasteiger partial charge in [-0.05, 0) is 18.2 Å². The summed E-state index contributed by atoms with van der Waals surface area (Å²) in [6.07, 6.45) is 3.36. The Hall–Kier alpha value is -2.82. The zero-order valence-corrected chi connectivity index (χ0v) is 11.0. The second-order valence-electron chi connectivity index (χ2n) is 4.28. The number of para-hydroxylation sites is 1. The van der Waals surface area contributed by atoms with Crippen LogP contribution < -0.4 is 10.5 Å². The normalized spacial score (nSPS) is 10.4. The third-order valence-electron chi connectivity index (χ3n) is 3.02. The van der Waals surface area contributed by atoms with Gasteiger partial charge in [0.15, 0.2) is 0 Å². The maximum atomic E-state index is 6.05. The molecule has 3 rings (SSSR count). The SMILES string of the molecule is COc1cnccc1-c1cc(N)n(-c2ccccc2)n1. The van der Waals surface area contributed by atoms with Crippen LogP contribution in [0.15, 0.2) is 54.9 Å². The highest BCUT2D eigenvalue weighted by Crippen LogP contribution is 2.29. The van der Waals surface area contributed by atoms with Gasteiger partial charge in [-0.2, -0.15) is 5.10 Å². The molecule has 2 heterocycles. The smallest absolute Gasteiger partial charge is 0.146 e. The van der Waals surface area contributed by atoms with Crippen molar-refractivity contribution in [1.29, 1.82) is 0 Å². The highest BCUT2D eigenvalue weighted by molar-refractivity contribution is 5.69. The molecular formula is C15H14N4O. The number of methoxy groups -OCH3 is 1. The Morgan fingerprint density at radius 2 is 1.95 bits per heavy atom. The topological polar surface area (TPSA) is 66.0 Å². The molecule has 0 aliphatic heterocycles. The Bertz CT molecular complexity index is 722. The number of hydrogen-bond donors (Lipinski definition) is 1. The Morgan fingerprint density at radius 1 is 1.15 bits per heavy atom. The molecule has 0 aliphatic carbocycles. The molecule has 0 radical (unpaired) electrons. The molecule has 0 aliphatic rings. The van der Waals surface area contributed by atoms with Crippen molar-refractivity contribution in [2.24, 2.45) is 0 Å². The second kappa shape index (κ2) is 5.05. The summed E-state index contributed by atoms with van der Waals surface area (Å²) in [5, 5.41) is 4.54. The third kappa shape index (κ3) is 2.09. The van der Waals surface area contributed by atoms with Gasteiger partial charge in [-0.15, -0.1) is 0 Å². The van der Waals surface area contributed by atoms with Crippen molar-refractivity contribution in [2.45, 2.75) is 0 Å². The minimum atomic E-state index is 0.574. The van der Waals surface area contributed by atoms with Crippen molar-refractivity contribution in [3.8, 4) is 22.7 Å². The van der Waals surface area contributed by atoms with Crippen LogP contribution in [0.3, 0.4) is 0 Å². The van der Waals surface area contributed by atoms with Crippen molar-refractivity contribution < 1.29 is 4.74 Å². The fourth-order valence-corrected chi connectivity index (χ4v) is 2.06. The fraction of sp³-hybridized carbons (Fsp3) is 0.0667. The maximum absolute atomic E-state index is 6.05. The van der Waals surface area contributed by atoms with E-state index in [1.165, 1.54) is 0 Å². The first-order valence-electron chi connectivity index (χ1n) is 6.19. The van der Waals surface area contributed by atoms with Crippen LogP contribution in [0.1, 0.15) is 0 Å². The lowest BCUT2D eigenvalue weighted by Gasteiger charge is -2.05. The van der Waals surface area contributed by atoms with E-state index in [2.05, 4.69) is 10.1 Å². The molecule has 0 fully saturated rings. The molecule has 0 amide bonds. The lowest BCUT2D eigenvalue weighted by molar-refractivity contribution is 0.414. The zero-order chi connectivity index (χ0) is 13.9. The molecule has 0 saturated carbocycles. The molecule has 100 valence electrons. The summed E-state index contributed by atoms with van der Waals surface area (Å²) in [5.41, 5.74) is 8.59. The van der Waals surface area contributed by atoms with Crippen molar-refractivity contribution in [3.63, 3.8) is 0 Å². The van der Waals surface area contributed by atoms with E-state index in [4.69, 9.17) is 10.5 Å². The van der Waals surface area contributed by atoms with Crippen LogP contribution in [0.25, 0.3) is 16.9 Å². The van der Waals surface area contributed by atoms with Crippen molar-refractivity contribution in [2.75, 3.05) is 12.8 Å². The number of nitrogens with zero attached hydrogens (tertiary/aromatic N) is 3.